The van der Waals surface area contributed by atoms with E-state index in [2.05, 4.69) is 15.0 Å². The lowest BCUT2D eigenvalue weighted by atomic mass is 9.55. The number of rotatable bonds is 26. The molecule has 9 aromatic carbocycles. The third-order valence-electron chi connectivity index (χ3n) is 16.7. The Morgan fingerprint density at radius 3 is 0.687 bits per heavy atom. The highest BCUT2D eigenvalue weighted by molar-refractivity contribution is 6.81. The van der Waals surface area contributed by atoms with Crippen LogP contribution in [0.25, 0.3) is 0 Å². The molecular weight excluding hydrogens is 1270 g/mol. The van der Waals surface area contributed by atoms with Crippen molar-refractivity contribution in [3.05, 3.63) is 376 Å². The summed E-state index contributed by atoms with van der Waals surface area (Å²) in [4.78, 5) is 13.7. The van der Waals surface area contributed by atoms with Crippen LogP contribution in [0.5, 0.6) is 0 Å². The Balaban J connectivity index is 0.738. The molecule has 0 radical (unpaired) electrons. The molecule has 3 atom stereocenters. The van der Waals surface area contributed by atoms with Crippen LogP contribution in [0.3, 0.4) is 0 Å². The number of pyridine rings is 3. The van der Waals surface area contributed by atoms with Crippen molar-refractivity contribution < 1.29 is 63.0 Å². The van der Waals surface area contributed by atoms with E-state index >= 15 is 0 Å². The lowest BCUT2D eigenvalue weighted by Gasteiger charge is -2.25. The van der Waals surface area contributed by atoms with Crippen molar-refractivity contribution in [3.63, 3.8) is 0 Å². The second-order valence-electron chi connectivity index (χ2n) is 23.6. The molecule has 12 rings (SSSR count). The highest BCUT2D eigenvalue weighted by Gasteiger charge is 2.36. The van der Waals surface area contributed by atoms with Crippen molar-refractivity contribution in [2.24, 2.45) is 0 Å². The van der Waals surface area contributed by atoms with Gasteiger partial charge in [-0.15, -0.1) is 0 Å². The van der Waals surface area contributed by atoms with Crippen molar-refractivity contribution >= 4 is 53.5 Å². The van der Waals surface area contributed by atoms with Gasteiger partial charge < -0.3 is 23.4 Å². The zero-order valence-electron chi connectivity index (χ0n) is 52.9. The zero-order chi connectivity index (χ0) is 68.8. The summed E-state index contributed by atoms with van der Waals surface area (Å²) in [5.41, 5.74) is 8.94. The number of alkyl halides is 9. The fourth-order valence-electron chi connectivity index (χ4n) is 11.5. The molecular formula is C79H61B3F9N3O5. The van der Waals surface area contributed by atoms with Gasteiger partial charge in [-0.2, -0.15) is 39.5 Å². The second kappa shape index (κ2) is 31.5. The third-order valence-corrected chi connectivity index (χ3v) is 16.7. The number of hydrogen-bond donors (Lipinski definition) is 0. The summed E-state index contributed by atoms with van der Waals surface area (Å²) in [5, 5.41) is 0. The maximum atomic E-state index is 13.9. The Labute approximate surface area is 568 Å². The Morgan fingerprint density at radius 1 is 0.253 bits per heavy atom. The minimum absolute atomic E-state index is 0.244. The first kappa shape index (κ1) is 68.7. The summed E-state index contributed by atoms with van der Waals surface area (Å²) in [6.07, 6.45) is -11.2. The Kier molecular flexibility index (Phi) is 21.9. The quantitative estimate of drug-likeness (QED) is 0.0392. The van der Waals surface area contributed by atoms with E-state index in [1.165, 1.54) is 36.4 Å². The minimum Gasteiger partial charge on any atom is -0.414 e. The molecule has 0 aliphatic heterocycles. The summed E-state index contributed by atoms with van der Waals surface area (Å²) in [5.74, 6) is 0. The highest BCUT2D eigenvalue weighted by atomic mass is 19.4. The Bertz CT molecular complexity index is 4230. The van der Waals surface area contributed by atoms with E-state index < -0.39 is 74.3 Å². The number of benzene rings is 9. The maximum Gasteiger partial charge on any atom is 0.416 e. The van der Waals surface area contributed by atoms with Gasteiger partial charge in [0.15, 0.2) is 0 Å². The van der Waals surface area contributed by atoms with Gasteiger partial charge in [-0.3, -0.25) is 15.0 Å². The van der Waals surface area contributed by atoms with Gasteiger partial charge in [0.05, 0.1) is 60.2 Å². The first-order chi connectivity index (χ1) is 48.0. The van der Waals surface area contributed by atoms with Gasteiger partial charge in [0.2, 0.25) is 0 Å². The molecule has 0 saturated carbocycles. The van der Waals surface area contributed by atoms with Crippen LogP contribution in [0.2, 0.25) is 0 Å². The smallest absolute Gasteiger partial charge is 0.414 e. The predicted octanol–water partition coefficient (Wildman–Crippen LogP) is 15.1. The van der Waals surface area contributed by atoms with Gasteiger partial charge in [0.1, 0.15) is 18.3 Å². The molecule has 12 aromatic rings. The lowest BCUT2D eigenvalue weighted by Crippen LogP contribution is -2.46. The SMILES string of the molecule is FC(F)(F)c1ccc(C(OB(c2ccccc2)c2ccc(COCc3ccc(B(OC(c4ccc(C(F)(F)F)cc4)c4ccccn4)c4ccc(COCc5ccc(B(OC(c6ccc(C(F)(F)F)cc6)c6ccccn6)c6ccccc6)cc5)cc4)cc3)cc2)c2ccccn2)cc1. The molecule has 3 heterocycles. The van der Waals surface area contributed by atoms with Crippen molar-refractivity contribution in [2.75, 3.05) is 0 Å². The fourth-order valence-corrected chi connectivity index (χ4v) is 11.5. The van der Waals surface area contributed by atoms with Crippen molar-refractivity contribution in [3.8, 4) is 0 Å². The van der Waals surface area contributed by atoms with Crippen LogP contribution in [-0.2, 0) is 68.4 Å². The van der Waals surface area contributed by atoms with Crippen LogP contribution in [0.4, 0.5) is 39.5 Å². The van der Waals surface area contributed by atoms with Gasteiger partial charge in [0, 0.05) is 18.6 Å². The molecule has 0 saturated heterocycles. The van der Waals surface area contributed by atoms with Gasteiger partial charge in [-0.1, -0.05) is 212 Å². The summed E-state index contributed by atoms with van der Waals surface area (Å²) in [6, 6.07) is 80.8. The molecule has 20 heteroatoms. The van der Waals surface area contributed by atoms with E-state index in [-0.39, 0.29) is 26.4 Å². The molecule has 0 fully saturated rings. The van der Waals surface area contributed by atoms with E-state index in [1.54, 1.807) is 73.2 Å². The fraction of sp³-hybridized carbons (Fsp3) is 0.127. The summed E-state index contributed by atoms with van der Waals surface area (Å²) < 4.78 is 157. The standard InChI is InChI=1S/C79H61B3F9N3O5/c83-77(84,85)62-34-28-59(29-35-62)74(71-17-7-10-48-92-71)97-80(65-13-3-1-4-14-65)67-40-20-55(21-41-67)51-95-53-57-24-44-69(45-25-57)82(99-76(73-19-9-12-50-94-73)61-32-38-64(39-33-61)79(89,90)91)70-46-26-58(27-47-70)54-96-52-56-22-42-68(43-23-56)81(66-15-5-2-6-16-66)98-75(72-18-8-11-49-93-72)60-30-36-63(37-31-60)78(86,87)88/h1-50,74-76H,51-54H2. The van der Waals surface area contributed by atoms with Crippen LogP contribution in [0.1, 0.15) is 91.0 Å². The van der Waals surface area contributed by atoms with E-state index in [1.807, 2.05) is 158 Å². The lowest BCUT2D eigenvalue weighted by molar-refractivity contribution is -0.138. The molecule has 0 amide bonds. The Morgan fingerprint density at radius 2 is 0.475 bits per heavy atom. The number of aromatic nitrogens is 3. The van der Waals surface area contributed by atoms with E-state index in [0.717, 1.165) is 91.4 Å². The first-order valence-corrected chi connectivity index (χ1v) is 31.8. The van der Waals surface area contributed by atoms with Gasteiger partial charge >= 0.3 is 39.3 Å². The van der Waals surface area contributed by atoms with E-state index in [4.69, 9.17) is 23.4 Å². The predicted molar refractivity (Wildman–Crippen MR) is 367 cm³/mol. The van der Waals surface area contributed by atoms with E-state index in [9.17, 15) is 39.5 Å². The Hall–Kier alpha value is -10.2. The normalized spacial score (nSPS) is 12.7. The largest absolute Gasteiger partial charge is 0.416 e. The molecule has 0 aliphatic carbocycles. The molecule has 0 spiro atoms. The van der Waals surface area contributed by atoms with Gasteiger partial charge in [0.25, 0.3) is 0 Å². The molecule has 494 valence electrons. The van der Waals surface area contributed by atoms with Crippen LogP contribution in [0.15, 0.2) is 304 Å². The minimum atomic E-state index is -4.55. The van der Waals surface area contributed by atoms with Crippen LogP contribution < -0.4 is 32.8 Å². The highest BCUT2D eigenvalue weighted by Crippen LogP contribution is 2.36. The second-order valence-corrected chi connectivity index (χ2v) is 23.6. The average molecular weight is 1340 g/mol. The van der Waals surface area contributed by atoms with Gasteiger partial charge in [-0.05, 0) is 145 Å². The molecule has 3 unspecified atom stereocenters. The molecule has 0 bridgehead atoms. The molecule has 3 aromatic heterocycles. The van der Waals surface area contributed by atoms with E-state index in [0.29, 0.717) is 33.8 Å². The first-order valence-electron chi connectivity index (χ1n) is 31.8. The van der Waals surface area contributed by atoms with Crippen LogP contribution in [-0.4, -0.2) is 35.7 Å². The third kappa shape index (κ3) is 17.9. The average Bonchev–Trinajstić information content (AvgIpc) is 0.826. The zero-order valence-corrected chi connectivity index (χ0v) is 52.9. The summed E-state index contributed by atoms with van der Waals surface area (Å²) >= 11 is 0. The topological polar surface area (TPSA) is 84.8 Å². The molecule has 8 nitrogen and oxygen atoms in total. The maximum absolute atomic E-state index is 13.9. The van der Waals surface area contributed by atoms with Crippen molar-refractivity contribution in [1.82, 2.24) is 15.0 Å². The summed E-state index contributed by atoms with van der Waals surface area (Å²) in [7, 11) is 0. The summed E-state index contributed by atoms with van der Waals surface area (Å²) in [6.45, 7) is -1.02. The van der Waals surface area contributed by atoms with Gasteiger partial charge in [-0.25, -0.2) is 0 Å². The monoisotopic (exact) mass is 1340 g/mol. The number of halogens is 9. The van der Waals surface area contributed by atoms with Crippen LogP contribution >= 0.6 is 0 Å². The van der Waals surface area contributed by atoms with Crippen LogP contribution in [0, 0.1) is 0 Å². The molecule has 0 N–H and O–H groups in total. The number of ether oxygens (including phenoxy) is 2. The van der Waals surface area contributed by atoms with Crippen molar-refractivity contribution in [2.45, 2.75) is 63.3 Å². The molecule has 0 aliphatic rings. The number of nitrogens with zero attached hydrogens (tertiary/aromatic N) is 3. The van der Waals surface area contributed by atoms with Crippen molar-refractivity contribution in [1.29, 1.82) is 0 Å². The molecule has 99 heavy (non-hydrogen) atoms. The number of hydrogen-bond acceptors (Lipinski definition) is 8.